The number of rotatable bonds is 8. The largest absolute Gasteiger partial charge is 0.486 e. The van der Waals surface area contributed by atoms with Crippen molar-refractivity contribution in [2.45, 2.75) is 43.4 Å². The predicted molar refractivity (Wildman–Crippen MR) is 130 cm³/mol. The second-order valence-electron chi connectivity index (χ2n) is 9.16. The molecule has 0 amide bonds. The van der Waals surface area contributed by atoms with E-state index in [0.29, 0.717) is 19.1 Å². The second-order valence-corrected chi connectivity index (χ2v) is 9.16. The van der Waals surface area contributed by atoms with Crippen molar-refractivity contribution in [1.82, 2.24) is 5.32 Å². The molecular formula is C29H33NO2. The molecule has 1 aliphatic carbocycles. The minimum Gasteiger partial charge on any atom is -0.486 e. The van der Waals surface area contributed by atoms with Gasteiger partial charge in [-0.25, -0.2) is 0 Å². The number of hydrogen-bond acceptors (Lipinski definition) is 3. The maximum Gasteiger partial charge on any atom is 0.165 e. The number of benzene rings is 3. The molecule has 1 saturated carbocycles. The Morgan fingerprint density at radius 1 is 0.750 bits per heavy atom. The highest BCUT2D eigenvalue weighted by molar-refractivity contribution is 5.51. The van der Waals surface area contributed by atoms with E-state index < -0.39 is 0 Å². The molecule has 1 fully saturated rings. The van der Waals surface area contributed by atoms with E-state index in [1.165, 1.54) is 42.4 Å². The van der Waals surface area contributed by atoms with Crippen LogP contribution in [-0.4, -0.2) is 26.3 Å². The average molecular weight is 428 g/mol. The fraction of sp³-hybridized carbons (Fsp3) is 0.379. The molecular weight excluding hydrogens is 394 g/mol. The van der Waals surface area contributed by atoms with Crippen LogP contribution in [-0.2, 0) is 5.41 Å². The second kappa shape index (κ2) is 9.79. The maximum atomic E-state index is 6.10. The summed E-state index contributed by atoms with van der Waals surface area (Å²) < 4.78 is 12.0. The number of ether oxygens (including phenoxy) is 2. The van der Waals surface area contributed by atoms with Gasteiger partial charge in [0, 0.05) is 23.4 Å². The highest BCUT2D eigenvalue weighted by Crippen LogP contribution is 2.48. The summed E-state index contributed by atoms with van der Waals surface area (Å²) in [6, 6.07) is 28.2. The predicted octanol–water partition coefficient (Wildman–Crippen LogP) is 6.08. The van der Waals surface area contributed by atoms with Gasteiger partial charge in [0.2, 0.25) is 0 Å². The summed E-state index contributed by atoms with van der Waals surface area (Å²) in [5, 5.41) is 3.85. The summed E-state index contributed by atoms with van der Waals surface area (Å²) in [5.41, 5.74) is 4.25. The number of hydrogen-bond donors (Lipinski definition) is 1. The zero-order valence-corrected chi connectivity index (χ0v) is 18.8. The summed E-state index contributed by atoms with van der Waals surface area (Å²) in [5.74, 6) is 2.30. The normalized spacial score (nSPS) is 16.9. The fourth-order valence-electron chi connectivity index (χ4n) is 5.56. The molecule has 0 saturated heterocycles. The van der Waals surface area contributed by atoms with Crippen LogP contribution in [0.4, 0.5) is 0 Å². The molecule has 1 heterocycles. The van der Waals surface area contributed by atoms with Crippen molar-refractivity contribution in [3.63, 3.8) is 0 Å². The van der Waals surface area contributed by atoms with Crippen molar-refractivity contribution in [2.24, 2.45) is 0 Å². The zero-order chi connectivity index (χ0) is 21.6. The third kappa shape index (κ3) is 4.40. The van der Waals surface area contributed by atoms with Gasteiger partial charge in [-0.15, -0.1) is 0 Å². The Labute approximate surface area is 191 Å². The first-order chi connectivity index (χ1) is 15.9. The molecule has 32 heavy (non-hydrogen) atoms. The molecule has 0 radical (unpaired) electrons. The summed E-state index contributed by atoms with van der Waals surface area (Å²) in [4.78, 5) is 0. The van der Waals surface area contributed by atoms with E-state index in [1.807, 2.05) is 6.07 Å². The van der Waals surface area contributed by atoms with E-state index in [1.54, 1.807) is 0 Å². The number of nitrogens with one attached hydrogen (secondary N) is 1. The van der Waals surface area contributed by atoms with E-state index >= 15 is 0 Å². The lowest BCUT2D eigenvalue weighted by Crippen LogP contribution is -2.37. The summed E-state index contributed by atoms with van der Waals surface area (Å²) in [7, 11) is 0. The van der Waals surface area contributed by atoms with Crippen LogP contribution < -0.4 is 14.8 Å². The maximum absolute atomic E-state index is 6.10. The Morgan fingerprint density at radius 3 is 2.09 bits per heavy atom. The van der Waals surface area contributed by atoms with Gasteiger partial charge >= 0.3 is 0 Å². The van der Waals surface area contributed by atoms with Gasteiger partial charge in [0.1, 0.15) is 13.2 Å². The molecule has 2 aliphatic rings. The molecule has 0 atom stereocenters. The van der Waals surface area contributed by atoms with E-state index in [9.17, 15) is 0 Å². The molecule has 3 aromatic carbocycles. The first-order valence-electron chi connectivity index (χ1n) is 12.1. The van der Waals surface area contributed by atoms with Gasteiger partial charge < -0.3 is 14.8 Å². The van der Waals surface area contributed by atoms with Crippen LogP contribution in [0.5, 0.6) is 11.5 Å². The van der Waals surface area contributed by atoms with Gasteiger partial charge in [-0.2, -0.15) is 0 Å². The molecule has 5 rings (SSSR count). The standard InChI is InChI=1S/C29H33NO2/c1-3-10-23(11-4-1)25(24-12-5-2-6-13-24)16-19-30-22-29(17-7-8-18-29)26-14-9-15-27-28(26)32-21-20-31-27/h1-6,9-15,25,30H,7-8,16-22H2. The van der Waals surface area contributed by atoms with Crippen molar-refractivity contribution in [3.8, 4) is 11.5 Å². The van der Waals surface area contributed by atoms with Crippen LogP contribution in [0.15, 0.2) is 78.9 Å². The lowest BCUT2D eigenvalue weighted by atomic mass is 9.78. The van der Waals surface area contributed by atoms with Crippen LogP contribution in [0.25, 0.3) is 0 Å². The van der Waals surface area contributed by atoms with E-state index in [2.05, 4.69) is 78.1 Å². The van der Waals surface area contributed by atoms with Crippen molar-refractivity contribution < 1.29 is 9.47 Å². The van der Waals surface area contributed by atoms with Crippen LogP contribution in [0.3, 0.4) is 0 Å². The van der Waals surface area contributed by atoms with Crippen molar-refractivity contribution in [3.05, 3.63) is 95.6 Å². The Balaban J connectivity index is 1.30. The highest BCUT2D eigenvalue weighted by Gasteiger charge is 2.39. The molecule has 3 heteroatoms. The van der Waals surface area contributed by atoms with Crippen molar-refractivity contribution in [2.75, 3.05) is 26.3 Å². The lowest BCUT2D eigenvalue weighted by molar-refractivity contribution is 0.166. The summed E-state index contributed by atoms with van der Waals surface area (Å²) >= 11 is 0. The highest BCUT2D eigenvalue weighted by atomic mass is 16.6. The fourth-order valence-corrected chi connectivity index (χ4v) is 5.56. The Kier molecular flexibility index (Phi) is 6.45. The van der Waals surface area contributed by atoms with Gasteiger partial charge in [-0.3, -0.25) is 0 Å². The number of para-hydroxylation sites is 1. The monoisotopic (exact) mass is 427 g/mol. The molecule has 1 N–H and O–H groups in total. The van der Waals surface area contributed by atoms with Crippen LogP contribution >= 0.6 is 0 Å². The lowest BCUT2D eigenvalue weighted by Gasteiger charge is -2.34. The third-order valence-corrected chi connectivity index (χ3v) is 7.18. The molecule has 166 valence electrons. The first-order valence-corrected chi connectivity index (χ1v) is 12.1. The van der Waals surface area contributed by atoms with Crippen LogP contribution in [0.1, 0.15) is 54.7 Å². The molecule has 0 spiro atoms. The molecule has 0 aromatic heterocycles. The Morgan fingerprint density at radius 2 is 1.41 bits per heavy atom. The molecule has 3 aromatic rings. The summed E-state index contributed by atoms with van der Waals surface area (Å²) in [6.07, 6.45) is 6.06. The topological polar surface area (TPSA) is 30.5 Å². The van der Waals surface area contributed by atoms with Gasteiger partial charge in [0.25, 0.3) is 0 Å². The molecule has 1 aliphatic heterocycles. The number of fused-ring (bicyclic) bond motifs is 1. The quantitative estimate of drug-likeness (QED) is 0.442. The van der Waals surface area contributed by atoms with Crippen molar-refractivity contribution in [1.29, 1.82) is 0 Å². The van der Waals surface area contributed by atoms with E-state index in [-0.39, 0.29) is 5.41 Å². The first kappa shape index (κ1) is 21.1. The van der Waals surface area contributed by atoms with Gasteiger partial charge in [0.05, 0.1) is 0 Å². The zero-order valence-electron chi connectivity index (χ0n) is 18.8. The van der Waals surface area contributed by atoms with Gasteiger partial charge in [0.15, 0.2) is 11.5 Å². The van der Waals surface area contributed by atoms with E-state index in [0.717, 1.165) is 31.0 Å². The molecule has 3 nitrogen and oxygen atoms in total. The molecule has 0 unspecified atom stereocenters. The Bertz CT molecular complexity index is 957. The smallest absolute Gasteiger partial charge is 0.165 e. The minimum atomic E-state index is 0.140. The van der Waals surface area contributed by atoms with E-state index in [4.69, 9.17) is 9.47 Å². The Hall–Kier alpha value is -2.78. The SMILES string of the molecule is c1ccc(C(CCNCC2(c3cccc4c3OCCO4)CCCC2)c2ccccc2)cc1. The van der Waals surface area contributed by atoms with Crippen molar-refractivity contribution >= 4 is 0 Å². The van der Waals surface area contributed by atoms with Crippen LogP contribution in [0.2, 0.25) is 0 Å². The van der Waals surface area contributed by atoms with Crippen LogP contribution in [0, 0.1) is 0 Å². The summed E-state index contributed by atoms with van der Waals surface area (Å²) in [6.45, 7) is 3.26. The molecule has 0 bridgehead atoms. The minimum absolute atomic E-state index is 0.140. The van der Waals surface area contributed by atoms with Gasteiger partial charge in [-0.1, -0.05) is 85.6 Å². The average Bonchev–Trinajstić information content (AvgIpc) is 3.35. The van der Waals surface area contributed by atoms with Gasteiger partial charge in [-0.05, 0) is 43.0 Å². The third-order valence-electron chi connectivity index (χ3n) is 7.18.